The van der Waals surface area contributed by atoms with Crippen LogP contribution in [0.15, 0.2) is 34.2 Å². The molecule has 1 aromatic carbocycles. The van der Waals surface area contributed by atoms with Crippen LogP contribution in [0.1, 0.15) is 18.4 Å². The number of rotatable bonds is 2. The van der Waals surface area contributed by atoms with E-state index in [1.165, 1.54) is 5.56 Å². The van der Waals surface area contributed by atoms with E-state index in [1.807, 2.05) is 28.6 Å². The minimum Gasteiger partial charge on any atom is -0.336 e. The van der Waals surface area contributed by atoms with Crippen molar-refractivity contribution in [2.75, 3.05) is 22.9 Å². The number of aromatic nitrogens is 1. The molecule has 1 unspecified atom stereocenters. The van der Waals surface area contributed by atoms with Gasteiger partial charge in [-0.15, -0.1) is 11.3 Å². The Labute approximate surface area is 141 Å². The van der Waals surface area contributed by atoms with Crippen molar-refractivity contribution in [3.05, 3.63) is 39.8 Å². The Kier molecular flexibility index (Phi) is 3.66. The number of amides is 1. The van der Waals surface area contributed by atoms with E-state index in [-0.39, 0.29) is 11.9 Å². The van der Waals surface area contributed by atoms with Gasteiger partial charge >= 0.3 is 0 Å². The van der Waals surface area contributed by atoms with Crippen LogP contribution in [0.25, 0.3) is 0 Å². The van der Waals surface area contributed by atoms with Gasteiger partial charge in [0.1, 0.15) is 6.04 Å². The summed E-state index contributed by atoms with van der Waals surface area (Å²) < 4.78 is 1.07. The van der Waals surface area contributed by atoms with Crippen LogP contribution >= 0.6 is 27.3 Å². The second kappa shape index (κ2) is 5.66. The first kappa shape index (κ1) is 14.2. The fourth-order valence-electron chi connectivity index (χ4n) is 3.39. The Hall–Kier alpha value is -1.40. The van der Waals surface area contributed by atoms with E-state index in [0.29, 0.717) is 0 Å². The van der Waals surface area contributed by atoms with Crippen LogP contribution in [0, 0.1) is 0 Å². The first-order valence-corrected chi connectivity index (χ1v) is 9.17. The van der Waals surface area contributed by atoms with Crippen molar-refractivity contribution in [1.29, 1.82) is 0 Å². The van der Waals surface area contributed by atoms with Gasteiger partial charge in [-0.3, -0.25) is 4.79 Å². The zero-order valence-electron chi connectivity index (χ0n) is 12.0. The standard InChI is InChI=1S/C16H16BrN3OS/c17-12-3-4-13-11(10-12)5-8-19(13)15(21)14-2-1-7-20(14)16-18-6-9-22-16/h3-4,6,9-10,14H,1-2,5,7-8H2. The maximum absolute atomic E-state index is 13.1. The molecule has 0 aliphatic carbocycles. The van der Waals surface area contributed by atoms with Gasteiger partial charge in [-0.05, 0) is 43.0 Å². The van der Waals surface area contributed by atoms with Crippen molar-refractivity contribution in [2.24, 2.45) is 0 Å². The van der Waals surface area contributed by atoms with Gasteiger partial charge in [-0.2, -0.15) is 0 Å². The number of carbonyl (C=O) groups excluding carboxylic acids is 1. The molecule has 1 fully saturated rings. The van der Waals surface area contributed by atoms with Crippen molar-refractivity contribution in [3.63, 3.8) is 0 Å². The third-order valence-electron chi connectivity index (χ3n) is 4.41. The van der Waals surface area contributed by atoms with Crippen LogP contribution in [0.3, 0.4) is 0 Å². The van der Waals surface area contributed by atoms with Crippen LogP contribution in [0.5, 0.6) is 0 Å². The van der Waals surface area contributed by atoms with Crippen molar-refractivity contribution < 1.29 is 4.79 Å². The SMILES string of the molecule is O=C(C1CCCN1c1nccs1)N1CCc2cc(Br)ccc21. The second-order valence-electron chi connectivity index (χ2n) is 5.68. The normalized spacial score (nSPS) is 20.5. The Bertz CT molecular complexity index is 703. The number of benzene rings is 1. The monoisotopic (exact) mass is 377 g/mol. The van der Waals surface area contributed by atoms with Gasteiger partial charge in [0, 0.05) is 34.8 Å². The van der Waals surface area contributed by atoms with E-state index in [9.17, 15) is 4.79 Å². The number of hydrogen-bond donors (Lipinski definition) is 0. The molecule has 114 valence electrons. The summed E-state index contributed by atoms with van der Waals surface area (Å²) in [5, 5.41) is 2.93. The molecule has 1 saturated heterocycles. The summed E-state index contributed by atoms with van der Waals surface area (Å²) in [6, 6.07) is 6.11. The van der Waals surface area contributed by atoms with Gasteiger partial charge in [-0.25, -0.2) is 4.98 Å². The Morgan fingerprint density at radius 3 is 3.09 bits per heavy atom. The third kappa shape index (κ3) is 2.34. The highest BCUT2D eigenvalue weighted by atomic mass is 79.9. The number of halogens is 1. The number of fused-ring (bicyclic) bond motifs is 1. The first-order chi connectivity index (χ1) is 10.7. The van der Waals surface area contributed by atoms with Crippen molar-refractivity contribution in [1.82, 2.24) is 4.98 Å². The number of hydrogen-bond acceptors (Lipinski definition) is 4. The van der Waals surface area contributed by atoms with Gasteiger partial charge in [-0.1, -0.05) is 15.9 Å². The Balaban J connectivity index is 1.60. The summed E-state index contributed by atoms with van der Waals surface area (Å²) in [4.78, 5) is 21.6. The van der Waals surface area contributed by atoms with Crippen molar-refractivity contribution in [3.8, 4) is 0 Å². The largest absolute Gasteiger partial charge is 0.336 e. The molecule has 3 heterocycles. The number of nitrogens with zero attached hydrogens (tertiary/aromatic N) is 3. The molecule has 2 aromatic rings. The van der Waals surface area contributed by atoms with E-state index < -0.39 is 0 Å². The lowest BCUT2D eigenvalue weighted by atomic mass is 10.1. The van der Waals surface area contributed by atoms with Gasteiger partial charge in [0.25, 0.3) is 0 Å². The van der Waals surface area contributed by atoms with Gasteiger partial charge in [0.05, 0.1) is 0 Å². The number of carbonyl (C=O) groups is 1. The molecule has 1 atom stereocenters. The molecule has 2 aliphatic rings. The van der Waals surface area contributed by atoms with Crippen LogP contribution < -0.4 is 9.80 Å². The molecular formula is C16H16BrN3OS. The quantitative estimate of drug-likeness (QED) is 0.803. The predicted molar refractivity (Wildman–Crippen MR) is 92.7 cm³/mol. The molecule has 0 spiro atoms. The average Bonchev–Trinajstić information content (AvgIpc) is 3.25. The fourth-order valence-corrected chi connectivity index (χ4v) is 4.52. The molecule has 4 rings (SSSR count). The van der Waals surface area contributed by atoms with E-state index in [2.05, 4.69) is 31.9 Å². The topological polar surface area (TPSA) is 36.4 Å². The van der Waals surface area contributed by atoms with Gasteiger partial charge in [0.2, 0.25) is 5.91 Å². The molecule has 1 amide bonds. The summed E-state index contributed by atoms with van der Waals surface area (Å²) in [7, 11) is 0. The van der Waals surface area contributed by atoms with E-state index in [1.54, 1.807) is 11.3 Å². The highest BCUT2D eigenvalue weighted by molar-refractivity contribution is 9.10. The first-order valence-electron chi connectivity index (χ1n) is 7.50. The van der Waals surface area contributed by atoms with Crippen LogP contribution in [-0.4, -0.2) is 30.0 Å². The zero-order valence-corrected chi connectivity index (χ0v) is 14.4. The fraction of sp³-hybridized carbons (Fsp3) is 0.375. The molecule has 0 N–H and O–H groups in total. The maximum atomic E-state index is 13.1. The second-order valence-corrected chi connectivity index (χ2v) is 7.47. The molecule has 1 aromatic heterocycles. The minimum atomic E-state index is -0.0688. The van der Waals surface area contributed by atoms with Crippen molar-refractivity contribution in [2.45, 2.75) is 25.3 Å². The molecular weight excluding hydrogens is 362 g/mol. The van der Waals surface area contributed by atoms with E-state index in [4.69, 9.17) is 0 Å². The lowest BCUT2D eigenvalue weighted by Crippen LogP contribution is -2.45. The summed E-state index contributed by atoms with van der Waals surface area (Å²) >= 11 is 5.11. The van der Waals surface area contributed by atoms with Crippen molar-refractivity contribution >= 4 is 44.0 Å². The van der Waals surface area contributed by atoms with Crippen LogP contribution in [0.2, 0.25) is 0 Å². The predicted octanol–water partition coefficient (Wildman–Crippen LogP) is 3.46. The molecule has 22 heavy (non-hydrogen) atoms. The van der Waals surface area contributed by atoms with Crippen LogP contribution in [-0.2, 0) is 11.2 Å². The molecule has 6 heteroatoms. The lowest BCUT2D eigenvalue weighted by molar-refractivity contribution is -0.119. The number of thiazole rings is 1. The third-order valence-corrected chi connectivity index (χ3v) is 5.71. The minimum absolute atomic E-state index is 0.0688. The molecule has 0 saturated carbocycles. The molecule has 0 bridgehead atoms. The number of anilines is 2. The summed E-state index contributed by atoms with van der Waals surface area (Å²) in [6.07, 6.45) is 4.71. The van der Waals surface area contributed by atoms with E-state index in [0.717, 1.165) is 47.6 Å². The van der Waals surface area contributed by atoms with Gasteiger partial charge in [0.15, 0.2) is 5.13 Å². The summed E-state index contributed by atoms with van der Waals surface area (Å²) in [5.74, 6) is 0.216. The summed E-state index contributed by atoms with van der Waals surface area (Å²) in [6.45, 7) is 1.71. The van der Waals surface area contributed by atoms with E-state index >= 15 is 0 Å². The Morgan fingerprint density at radius 1 is 1.36 bits per heavy atom. The van der Waals surface area contributed by atoms with Crippen LogP contribution in [0.4, 0.5) is 10.8 Å². The smallest absolute Gasteiger partial charge is 0.249 e. The van der Waals surface area contributed by atoms with Gasteiger partial charge < -0.3 is 9.80 Å². The summed E-state index contributed by atoms with van der Waals surface area (Å²) in [5.41, 5.74) is 2.32. The molecule has 4 nitrogen and oxygen atoms in total. The highest BCUT2D eigenvalue weighted by Crippen LogP contribution is 2.34. The Morgan fingerprint density at radius 2 is 2.27 bits per heavy atom. The zero-order chi connectivity index (χ0) is 15.1. The lowest BCUT2D eigenvalue weighted by Gasteiger charge is -2.28. The average molecular weight is 378 g/mol. The molecule has 2 aliphatic heterocycles. The highest BCUT2D eigenvalue weighted by Gasteiger charge is 2.37. The maximum Gasteiger partial charge on any atom is 0.249 e. The molecule has 0 radical (unpaired) electrons.